The average molecular weight is 245 g/mol. The van der Waals surface area contributed by atoms with E-state index in [-0.39, 0.29) is 23.5 Å². The van der Waals surface area contributed by atoms with Crippen molar-refractivity contribution in [2.45, 2.75) is 52.5 Å². The predicted octanol–water partition coefficient (Wildman–Crippen LogP) is 1.37. The van der Waals surface area contributed by atoms with Gasteiger partial charge in [-0.15, -0.1) is 0 Å². The van der Waals surface area contributed by atoms with E-state index in [1.54, 1.807) is 0 Å². The molecule has 1 saturated heterocycles. The Morgan fingerprint density at radius 2 is 2.00 bits per heavy atom. The molecule has 1 aliphatic rings. The summed E-state index contributed by atoms with van der Waals surface area (Å²) in [6, 6.07) is 0. The van der Waals surface area contributed by atoms with Gasteiger partial charge < -0.3 is 14.8 Å². The first-order chi connectivity index (χ1) is 7.32. The van der Waals surface area contributed by atoms with E-state index in [0.29, 0.717) is 0 Å². The quantitative estimate of drug-likeness (QED) is 0.738. The number of piperidine rings is 1. The van der Waals surface area contributed by atoms with Gasteiger partial charge in [-0.05, 0) is 31.5 Å². The number of hydrogen-bond acceptors (Lipinski definition) is 3. The molecule has 3 atom stereocenters. The van der Waals surface area contributed by atoms with Gasteiger partial charge in [0.05, 0.1) is 12.2 Å². The molecule has 1 rings (SSSR count). The SMILES string of the molecule is C[SiH](C)OC(C1CNCCC1O)C(C)(C)C. The zero-order valence-electron chi connectivity index (χ0n) is 11.3. The van der Waals surface area contributed by atoms with Gasteiger partial charge in [-0.1, -0.05) is 20.8 Å². The van der Waals surface area contributed by atoms with Crippen molar-refractivity contribution < 1.29 is 9.53 Å². The first kappa shape index (κ1) is 14.2. The fourth-order valence-electron chi connectivity index (χ4n) is 2.42. The van der Waals surface area contributed by atoms with Crippen molar-refractivity contribution in [2.24, 2.45) is 11.3 Å². The Balaban J connectivity index is 2.74. The number of rotatable bonds is 3. The summed E-state index contributed by atoms with van der Waals surface area (Å²) in [4.78, 5) is 0. The molecule has 0 radical (unpaired) electrons. The molecule has 4 heteroatoms. The molecule has 1 aliphatic heterocycles. The monoisotopic (exact) mass is 245 g/mol. The summed E-state index contributed by atoms with van der Waals surface area (Å²) >= 11 is 0. The average Bonchev–Trinajstić information content (AvgIpc) is 2.13. The third-order valence-corrected chi connectivity index (χ3v) is 3.99. The van der Waals surface area contributed by atoms with E-state index in [9.17, 15) is 5.11 Å². The highest BCUT2D eigenvalue weighted by Gasteiger charge is 2.38. The van der Waals surface area contributed by atoms with Gasteiger partial charge in [0.2, 0.25) is 0 Å². The molecule has 0 aromatic carbocycles. The van der Waals surface area contributed by atoms with E-state index in [1.165, 1.54) is 0 Å². The number of aliphatic hydroxyl groups excluding tert-OH is 1. The van der Waals surface area contributed by atoms with Crippen molar-refractivity contribution >= 4 is 9.04 Å². The van der Waals surface area contributed by atoms with Crippen molar-refractivity contribution in [1.82, 2.24) is 5.32 Å². The summed E-state index contributed by atoms with van der Waals surface area (Å²) in [7, 11) is -1.07. The van der Waals surface area contributed by atoms with Gasteiger partial charge in [0, 0.05) is 12.5 Å². The number of hydrogen-bond donors (Lipinski definition) is 2. The van der Waals surface area contributed by atoms with E-state index >= 15 is 0 Å². The van der Waals surface area contributed by atoms with Crippen LogP contribution in [0.25, 0.3) is 0 Å². The van der Waals surface area contributed by atoms with Crippen LogP contribution in [-0.4, -0.2) is 39.4 Å². The maximum absolute atomic E-state index is 10.1. The Labute approximate surface area is 101 Å². The lowest BCUT2D eigenvalue weighted by molar-refractivity contribution is -0.0407. The van der Waals surface area contributed by atoms with Crippen LogP contribution in [0.5, 0.6) is 0 Å². The van der Waals surface area contributed by atoms with Crippen LogP contribution >= 0.6 is 0 Å². The third-order valence-electron chi connectivity index (χ3n) is 3.15. The zero-order chi connectivity index (χ0) is 12.3. The van der Waals surface area contributed by atoms with Crippen molar-refractivity contribution in [3.63, 3.8) is 0 Å². The molecule has 1 fully saturated rings. The van der Waals surface area contributed by atoms with Crippen molar-refractivity contribution in [3.8, 4) is 0 Å². The second kappa shape index (κ2) is 5.62. The highest BCUT2D eigenvalue weighted by Crippen LogP contribution is 2.32. The predicted molar refractivity (Wildman–Crippen MR) is 70.2 cm³/mol. The van der Waals surface area contributed by atoms with Gasteiger partial charge in [-0.2, -0.15) is 0 Å². The topological polar surface area (TPSA) is 41.5 Å². The molecular weight excluding hydrogens is 218 g/mol. The number of nitrogens with one attached hydrogen (secondary N) is 1. The fraction of sp³-hybridized carbons (Fsp3) is 1.00. The molecule has 0 aliphatic carbocycles. The Bertz CT molecular complexity index is 216. The highest BCUT2D eigenvalue weighted by atomic mass is 28.3. The van der Waals surface area contributed by atoms with Crippen LogP contribution in [0.15, 0.2) is 0 Å². The Morgan fingerprint density at radius 3 is 2.44 bits per heavy atom. The van der Waals surface area contributed by atoms with E-state index in [4.69, 9.17) is 4.43 Å². The molecule has 0 saturated carbocycles. The molecule has 2 N–H and O–H groups in total. The minimum atomic E-state index is -1.07. The molecular formula is C12H27NO2Si. The molecule has 3 nitrogen and oxygen atoms in total. The van der Waals surface area contributed by atoms with Gasteiger partial charge >= 0.3 is 0 Å². The lowest BCUT2D eigenvalue weighted by Crippen LogP contribution is -2.51. The van der Waals surface area contributed by atoms with Crippen LogP contribution in [0, 0.1) is 11.3 Å². The van der Waals surface area contributed by atoms with Gasteiger partial charge in [-0.25, -0.2) is 0 Å². The first-order valence-electron chi connectivity index (χ1n) is 6.36. The molecule has 3 unspecified atom stereocenters. The van der Waals surface area contributed by atoms with Crippen LogP contribution in [0.4, 0.5) is 0 Å². The second-order valence-electron chi connectivity index (χ2n) is 6.20. The van der Waals surface area contributed by atoms with Crippen LogP contribution in [0.2, 0.25) is 13.1 Å². The molecule has 0 amide bonds. The maximum atomic E-state index is 10.1. The highest BCUT2D eigenvalue weighted by molar-refractivity contribution is 6.48. The van der Waals surface area contributed by atoms with Crippen LogP contribution in [0.3, 0.4) is 0 Å². The third kappa shape index (κ3) is 3.84. The van der Waals surface area contributed by atoms with Crippen LogP contribution in [0.1, 0.15) is 27.2 Å². The summed E-state index contributed by atoms with van der Waals surface area (Å²) in [6.45, 7) is 12.8. The molecule has 0 aromatic rings. The molecule has 16 heavy (non-hydrogen) atoms. The van der Waals surface area contributed by atoms with E-state index in [1.807, 2.05) is 0 Å². The summed E-state index contributed by atoms with van der Waals surface area (Å²) in [5, 5.41) is 13.5. The minimum Gasteiger partial charge on any atom is -0.417 e. The summed E-state index contributed by atoms with van der Waals surface area (Å²) in [5.41, 5.74) is 0.0991. The van der Waals surface area contributed by atoms with Crippen molar-refractivity contribution in [3.05, 3.63) is 0 Å². The standard InChI is InChI=1S/C12H27NO2Si/c1-12(2,3)11(15-16(4)5)9-8-13-7-6-10(9)14/h9-11,13-14,16H,6-8H2,1-5H3. The molecule has 0 bridgehead atoms. The lowest BCUT2D eigenvalue weighted by Gasteiger charge is -2.42. The van der Waals surface area contributed by atoms with Crippen molar-refractivity contribution in [1.29, 1.82) is 0 Å². The summed E-state index contributed by atoms with van der Waals surface area (Å²) < 4.78 is 6.16. The van der Waals surface area contributed by atoms with Gasteiger partial charge in [0.1, 0.15) is 0 Å². The maximum Gasteiger partial charge on any atom is 0.171 e. The van der Waals surface area contributed by atoms with Crippen LogP contribution < -0.4 is 5.32 Å². The largest absolute Gasteiger partial charge is 0.417 e. The van der Waals surface area contributed by atoms with Crippen molar-refractivity contribution in [2.75, 3.05) is 13.1 Å². The lowest BCUT2D eigenvalue weighted by atomic mass is 9.77. The molecule has 0 aromatic heterocycles. The van der Waals surface area contributed by atoms with E-state index < -0.39 is 9.04 Å². The Morgan fingerprint density at radius 1 is 1.38 bits per heavy atom. The first-order valence-corrected chi connectivity index (χ1v) is 9.14. The van der Waals surface area contributed by atoms with Crippen LogP contribution in [-0.2, 0) is 4.43 Å². The van der Waals surface area contributed by atoms with E-state index in [0.717, 1.165) is 19.5 Å². The fourth-order valence-corrected chi connectivity index (χ4v) is 3.61. The Hall–Kier alpha value is 0.0969. The van der Waals surface area contributed by atoms with Gasteiger partial charge in [0.25, 0.3) is 0 Å². The molecule has 96 valence electrons. The zero-order valence-corrected chi connectivity index (χ0v) is 12.4. The Kier molecular flexibility index (Phi) is 4.98. The minimum absolute atomic E-state index is 0.0991. The summed E-state index contributed by atoms with van der Waals surface area (Å²) in [5.74, 6) is 0.239. The molecule has 0 spiro atoms. The number of aliphatic hydroxyl groups is 1. The molecule has 1 heterocycles. The normalized spacial score (nSPS) is 29.4. The summed E-state index contributed by atoms with van der Waals surface area (Å²) in [6.07, 6.45) is 0.806. The second-order valence-corrected chi connectivity index (χ2v) is 8.57. The smallest absolute Gasteiger partial charge is 0.171 e. The van der Waals surface area contributed by atoms with Gasteiger partial charge in [-0.3, -0.25) is 0 Å². The van der Waals surface area contributed by atoms with E-state index in [2.05, 4.69) is 39.2 Å². The van der Waals surface area contributed by atoms with Gasteiger partial charge in [0.15, 0.2) is 9.04 Å².